The van der Waals surface area contributed by atoms with Gasteiger partial charge in [-0.1, -0.05) is 39.3 Å². The Morgan fingerprint density at radius 2 is 1.39 bits per heavy atom. The first-order valence-corrected chi connectivity index (χ1v) is 7.90. The van der Waals surface area contributed by atoms with Crippen molar-refractivity contribution in [2.45, 2.75) is 79.1 Å². The van der Waals surface area contributed by atoms with E-state index in [0.29, 0.717) is 0 Å². The standard InChI is InChI=1S/C17H30.CH4.2H2/c1-3-4-5-15-8-12-17(13-9-15)16-10-6-14(2)7-11-16;;;/h3-4,14-17H,5-13H2,1-2H3;1H4;2*1H/b4-3+;;;. The second-order valence-electron chi connectivity index (χ2n) is 6.61. The zero-order valence-corrected chi connectivity index (χ0v) is 11.8. The summed E-state index contributed by atoms with van der Waals surface area (Å²) in [7, 11) is 0. The molecule has 0 spiro atoms. The highest BCUT2D eigenvalue weighted by molar-refractivity contribution is 4.85. The van der Waals surface area contributed by atoms with E-state index in [2.05, 4.69) is 26.0 Å². The van der Waals surface area contributed by atoms with Gasteiger partial charge in [0.25, 0.3) is 0 Å². The third-order valence-corrected chi connectivity index (χ3v) is 5.32. The van der Waals surface area contributed by atoms with Crippen molar-refractivity contribution in [3.8, 4) is 0 Å². The molecule has 0 saturated heterocycles. The van der Waals surface area contributed by atoms with Crippen molar-refractivity contribution in [1.29, 1.82) is 0 Å². The van der Waals surface area contributed by atoms with Crippen LogP contribution in [0.5, 0.6) is 0 Å². The van der Waals surface area contributed by atoms with Gasteiger partial charge in [-0.05, 0) is 75.5 Å². The van der Waals surface area contributed by atoms with Gasteiger partial charge in [-0.3, -0.25) is 0 Å². The van der Waals surface area contributed by atoms with Crippen LogP contribution in [0.15, 0.2) is 12.2 Å². The maximum atomic E-state index is 2.43. The molecule has 0 aliphatic heterocycles. The fraction of sp³-hybridized carbons (Fsp3) is 0.889. The van der Waals surface area contributed by atoms with Crippen LogP contribution in [-0.4, -0.2) is 0 Å². The molecule has 0 radical (unpaired) electrons. The summed E-state index contributed by atoms with van der Waals surface area (Å²) in [5.74, 6) is 4.19. The molecule has 0 amide bonds. The highest BCUT2D eigenvalue weighted by Crippen LogP contribution is 2.41. The Hall–Kier alpha value is -0.260. The Morgan fingerprint density at radius 3 is 1.89 bits per heavy atom. The van der Waals surface area contributed by atoms with Gasteiger partial charge in [0.15, 0.2) is 0 Å². The predicted octanol–water partition coefficient (Wildman–Crippen LogP) is 6.71. The molecule has 2 rings (SSSR count). The number of hydrogen-bond acceptors (Lipinski definition) is 0. The Labute approximate surface area is 118 Å². The molecule has 0 bridgehead atoms. The fourth-order valence-corrected chi connectivity index (χ4v) is 3.98. The number of allylic oxidation sites excluding steroid dienone is 2. The SMILES string of the molecule is C.C/C=C/CC1CCC(C2CCC(C)CC2)CC1.[HH].[HH]. The van der Waals surface area contributed by atoms with E-state index in [9.17, 15) is 0 Å². The molecule has 0 aromatic rings. The van der Waals surface area contributed by atoms with Gasteiger partial charge in [0.1, 0.15) is 0 Å². The summed E-state index contributed by atoms with van der Waals surface area (Å²) in [4.78, 5) is 0. The zero-order valence-electron chi connectivity index (χ0n) is 11.8. The maximum Gasteiger partial charge on any atom is 0 e. The first-order chi connectivity index (χ1) is 8.29. The fourth-order valence-electron chi connectivity index (χ4n) is 3.98. The van der Waals surface area contributed by atoms with E-state index in [1.54, 1.807) is 0 Å². The van der Waals surface area contributed by atoms with Gasteiger partial charge in [0.05, 0.1) is 0 Å². The minimum Gasteiger partial charge on any atom is -0.0917 e. The summed E-state index contributed by atoms with van der Waals surface area (Å²) in [5, 5.41) is 0. The van der Waals surface area contributed by atoms with E-state index in [0.717, 1.165) is 23.7 Å². The number of rotatable bonds is 3. The molecule has 2 fully saturated rings. The highest BCUT2D eigenvalue weighted by Gasteiger charge is 2.29. The molecule has 0 atom stereocenters. The molecule has 0 aromatic heterocycles. The Bertz CT molecular complexity index is 234. The van der Waals surface area contributed by atoms with Gasteiger partial charge in [0.2, 0.25) is 0 Å². The highest BCUT2D eigenvalue weighted by atomic mass is 14.3. The van der Waals surface area contributed by atoms with Crippen LogP contribution in [0.1, 0.15) is 81.9 Å². The lowest BCUT2D eigenvalue weighted by Gasteiger charge is -2.37. The Kier molecular flexibility index (Phi) is 7.04. The van der Waals surface area contributed by atoms with Crippen LogP contribution in [0.2, 0.25) is 0 Å². The largest absolute Gasteiger partial charge is 0.0917 e. The molecule has 2 aliphatic carbocycles. The van der Waals surface area contributed by atoms with Gasteiger partial charge in [-0.2, -0.15) is 0 Å². The Balaban J connectivity index is 0. The van der Waals surface area contributed by atoms with Crippen molar-refractivity contribution in [2.75, 3.05) is 0 Å². The van der Waals surface area contributed by atoms with Crippen molar-refractivity contribution in [3.05, 3.63) is 12.2 Å². The maximum absolute atomic E-state index is 2.43. The second-order valence-corrected chi connectivity index (χ2v) is 6.61. The molecular formula is C18H38. The molecule has 0 aromatic carbocycles. The lowest BCUT2D eigenvalue weighted by atomic mass is 9.69. The van der Waals surface area contributed by atoms with E-state index in [1.807, 2.05) is 0 Å². The first-order valence-electron chi connectivity index (χ1n) is 7.90. The molecule has 0 unspecified atom stereocenters. The van der Waals surface area contributed by atoms with Crippen molar-refractivity contribution < 1.29 is 2.85 Å². The molecule has 0 nitrogen and oxygen atoms in total. The molecule has 18 heavy (non-hydrogen) atoms. The summed E-state index contributed by atoms with van der Waals surface area (Å²) in [5.41, 5.74) is 0. The van der Waals surface area contributed by atoms with Gasteiger partial charge in [-0.25, -0.2) is 0 Å². The van der Waals surface area contributed by atoms with Crippen LogP contribution >= 0.6 is 0 Å². The van der Waals surface area contributed by atoms with Crippen LogP contribution in [0.25, 0.3) is 0 Å². The lowest BCUT2D eigenvalue weighted by Crippen LogP contribution is -2.25. The summed E-state index contributed by atoms with van der Waals surface area (Å²) in [6, 6.07) is 0. The van der Waals surface area contributed by atoms with Crippen LogP contribution in [0.4, 0.5) is 0 Å². The van der Waals surface area contributed by atoms with E-state index in [4.69, 9.17) is 0 Å². The third kappa shape index (κ3) is 4.44. The topological polar surface area (TPSA) is 0 Å². The van der Waals surface area contributed by atoms with E-state index >= 15 is 0 Å². The zero-order chi connectivity index (χ0) is 12.1. The van der Waals surface area contributed by atoms with Gasteiger partial charge < -0.3 is 0 Å². The minimum absolute atomic E-state index is 0. The van der Waals surface area contributed by atoms with Gasteiger partial charge in [0, 0.05) is 2.85 Å². The van der Waals surface area contributed by atoms with E-state index in [1.165, 1.54) is 57.8 Å². The molecule has 0 heteroatoms. The molecule has 110 valence electrons. The van der Waals surface area contributed by atoms with Crippen molar-refractivity contribution in [2.24, 2.45) is 23.7 Å². The normalized spacial score (nSPS) is 37.4. The van der Waals surface area contributed by atoms with Crippen molar-refractivity contribution in [3.63, 3.8) is 0 Å². The van der Waals surface area contributed by atoms with Crippen molar-refractivity contribution in [1.82, 2.24) is 0 Å². The van der Waals surface area contributed by atoms with Crippen LogP contribution in [-0.2, 0) is 0 Å². The second kappa shape index (κ2) is 8.02. The van der Waals surface area contributed by atoms with Crippen LogP contribution < -0.4 is 0 Å². The third-order valence-electron chi connectivity index (χ3n) is 5.32. The molecule has 2 aliphatic rings. The summed E-state index contributed by atoms with van der Waals surface area (Å²) in [6.45, 7) is 4.58. The van der Waals surface area contributed by atoms with Gasteiger partial charge in [-0.15, -0.1) is 0 Å². The summed E-state index contributed by atoms with van der Waals surface area (Å²) >= 11 is 0. The average Bonchev–Trinajstić information content (AvgIpc) is 2.38. The average molecular weight is 255 g/mol. The molecule has 0 heterocycles. The lowest BCUT2D eigenvalue weighted by molar-refractivity contribution is 0.151. The molecule has 2 saturated carbocycles. The Morgan fingerprint density at radius 1 is 0.889 bits per heavy atom. The summed E-state index contributed by atoms with van der Waals surface area (Å²) in [6.07, 6.45) is 18.1. The summed E-state index contributed by atoms with van der Waals surface area (Å²) < 4.78 is 0. The van der Waals surface area contributed by atoms with Crippen molar-refractivity contribution >= 4 is 0 Å². The van der Waals surface area contributed by atoms with Crippen LogP contribution in [0.3, 0.4) is 0 Å². The predicted molar refractivity (Wildman–Crippen MR) is 87.0 cm³/mol. The quantitative estimate of drug-likeness (QED) is 0.491. The van der Waals surface area contributed by atoms with Gasteiger partial charge >= 0.3 is 0 Å². The van der Waals surface area contributed by atoms with E-state index in [-0.39, 0.29) is 10.3 Å². The van der Waals surface area contributed by atoms with E-state index < -0.39 is 0 Å². The number of hydrogen-bond donors (Lipinski definition) is 0. The molecular weight excluding hydrogens is 216 g/mol. The first kappa shape index (κ1) is 15.8. The smallest absolute Gasteiger partial charge is 0 e. The van der Waals surface area contributed by atoms with Crippen LogP contribution in [0, 0.1) is 23.7 Å². The minimum atomic E-state index is 0. The molecule has 0 N–H and O–H groups in total. The monoisotopic (exact) mass is 254 g/mol.